The van der Waals surface area contributed by atoms with Crippen molar-refractivity contribution in [2.24, 2.45) is 0 Å². The zero-order valence-corrected chi connectivity index (χ0v) is 19.8. The summed E-state index contributed by atoms with van der Waals surface area (Å²) < 4.78 is 6.36. The average Bonchev–Trinajstić information content (AvgIpc) is 2.90. The van der Waals surface area contributed by atoms with Crippen molar-refractivity contribution in [1.29, 1.82) is 0 Å². The lowest BCUT2D eigenvalue weighted by Crippen LogP contribution is -2.24. The highest BCUT2D eigenvalue weighted by molar-refractivity contribution is 6.02. The molecular weight excluding hydrogens is 436 g/mol. The largest absolute Gasteiger partial charge is 0.349 e. The van der Waals surface area contributed by atoms with Gasteiger partial charge in [0, 0.05) is 11.1 Å². The molecule has 4 aromatic rings. The number of carbonyl (C=O) groups is 3. The molecule has 4 nitrogen and oxygen atoms in total. The van der Waals surface area contributed by atoms with E-state index < -0.39 is 12.2 Å². The standard InChI is InChI=1S/C28H22O3.C3H6O/c29-25(21-13-5-1-6-14-21)27(23-17-9-3-10-18-23)31-28(24-19-11-4-12-20-24)26(30)22-15-7-2-8-16-22;1-3(2)4/h1-20,27-28H;1-2H3. The van der Waals surface area contributed by atoms with Gasteiger partial charge in [-0.25, -0.2) is 0 Å². The van der Waals surface area contributed by atoms with E-state index in [1.165, 1.54) is 13.8 Å². The van der Waals surface area contributed by atoms with Gasteiger partial charge in [-0.05, 0) is 25.0 Å². The van der Waals surface area contributed by atoms with Crippen molar-refractivity contribution in [3.05, 3.63) is 144 Å². The Hall–Kier alpha value is -4.15. The lowest BCUT2D eigenvalue weighted by Gasteiger charge is -2.24. The Kier molecular flexibility index (Phi) is 9.40. The minimum absolute atomic E-state index is 0.167. The first-order chi connectivity index (χ1) is 17.0. The van der Waals surface area contributed by atoms with E-state index in [2.05, 4.69) is 0 Å². The van der Waals surface area contributed by atoms with Gasteiger partial charge in [0.25, 0.3) is 0 Å². The molecule has 2 atom stereocenters. The molecule has 4 rings (SSSR count). The second-order valence-corrected chi connectivity index (χ2v) is 8.09. The van der Waals surface area contributed by atoms with Gasteiger partial charge in [-0.3, -0.25) is 9.59 Å². The lowest BCUT2D eigenvalue weighted by atomic mass is 9.96. The molecule has 0 aliphatic rings. The molecule has 35 heavy (non-hydrogen) atoms. The van der Waals surface area contributed by atoms with Gasteiger partial charge in [-0.2, -0.15) is 0 Å². The topological polar surface area (TPSA) is 60.4 Å². The van der Waals surface area contributed by atoms with Crippen LogP contribution in [0.5, 0.6) is 0 Å². The van der Waals surface area contributed by atoms with Crippen LogP contribution in [-0.2, 0) is 9.53 Å². The fourth-order valence-corrected chi connectivity index (χ4v) is 3.48. The van der Waals surface area contributed by atoms with Gasteiger partial charge in [-0.1, -0.05) is 121 Å². The first kappa shape index (κ1) is 25.5. The second kappa shape index (κ2) is 12.9. The minimum atomic E-state index is -0.915. The number of ketones is 3. The van der Waals surface area contributed by atoms with E-state index in [4.69, 9.17) is 4.74 Å². The minimum Gasteiger partial charge on any atom is -0.349 e. The zero-order valence-electron chi connectivity index (χ0n) is 19.8. The molecule has 0 aromatic heterocycles. The van der Waals surface area contributed by atoms with Crippen LogP contribution >= 0.6 is 0 Å². The summed E-state index contributed by atoms with van der Waals surface area (Å²) in [5.74, 6) is -0.206. The van der Waals surface area contributed by atoms with Crippen LogP contribution in [0.15, 0.2) is 121 Å². The summed E-state index contributed by atoms with van der Waals surface area (Å²) in [6.45, 7) is 3.06. The molecule has 0 amide bonds. The molecule has 0 spiro atoms. The van der Waals surface area contributed by atoms with E-state index in [9.17, 15) is 14.4 Å². The highest BCUT2D eigenvalue weighted by Gasteiger charge is 2.31. The van der Waals surface area contributed by atoms with Crippen LogP contribution in [0.1, 0.15) is 57.9 Å². The van der Waals surface area contributed by atoms with Crippen LogP contribution in [-0.4, -0.2) is 17.3 Å². The van der Waals surface area contributed by atoms with Crippen LogP contribution in [0.25, 0.3) is 0 Å². The molecule has 176 valence electrons. The van der Waals surface area contributed by atoms with Crippen molar-refractivity contribution in [1.82, 2.24) is 0 Å². The SMILES string of the molecule is CC(C)=O.O=C(c1ccccc1)C(OC(C(=O)c1ccccc1)c1ccccc1)c1ccccc1. The van der Waals surface area contributed by atoms with Crippen LogP contribution in [0, 0.1) is 0 Å². The van der Waals surface area contributed by atoms with Crippen LogP contribution in [0.3, 0.4) is 0 Å². The number of hydrogen-bond donors (Lipinski definition) is 0. The summed E-state index contributed by atoms with van der Waals surface area (Å²) in [6, 6.07) is 36.7. The summed E-state index contributed by atoms with van der Waals surface area (Å²) in [7, 11) is 0. The van der Waals surface area contributed by atoms with Crippen molar-refractivity contribution in [2.75, 3.05) is 0 Å². The molecule has 0 heterocycles. The normalized spacial score (nSPS) is 11.9. The molecule has 0 radical (unpaired) electrons. The maximum Gasteiger partial charge on any atom is 0.196 e. The Morgan fingerprint density at radius 3 is 1.03 bits per heavy atom. The van der Waals surface area contributed by atoms with Gasteiger partial charge >= 0.3 is 0 Å². The average molecular weight is 465 g/mol. The summed E-state index contributed by atoms with van der Waals surface area (Å²) in [5, 5.41) is 0. The number of ether oxygens (including phenoxy) is 1. The smallest absolute Gasteiger partial charge is 0.196 e. The zero-order chi connectivity index (χ0) is 25.0. The third-order valence-electron chi connectivity index (χ3n) is 5.07. The van der Waals surface area contributed by atoms with Crippen LogP contribution in [0.4, 0.5) is 0 Å². The third-order valence-corrected chi connectivity index (χ3v) is 5.07. The summed E-state index contributed by atoms with van der Waals surface area (Å²) in [6.07, 6.45) is -1.83. The summed E-state index contributed by atoms with van der Waals surface area (Å²) >= 11 is 0. The van der Waals surface area contributed by atoms with Crippen molar-refractivity contribution in [2.45, 2.75) is 26.1 Å². The van der Waals surface area contributed by atoms with Gasteiger partial charge in [0.1, 0.15) is 18.0 Å². The molecule has 0 saturated heterocycles. The van der Waals surface area contributed by atoms with E-state index in [0.29, 0.717) is 22.3 Å². The number of benzene rings is 4. The molecule has 0 N–H and O–H groups in total. The lowest BCUT2D eigenvalue weighted by molar-refractivity contribution is -0.115. The van der Waals surface area contributed by atoms with Gasteiger partial charge in [0.2, 0.25) is 0 Å². The Balaban J connectivity index is 0.000000795. The molecule has 4 aromatic carbocycles. The predicted octanol–water partition coefficient (Wildman–Crippen LogP) is 6.85. The first-order valence-electron chi connectivity index (χ1n) is 11.4. The Morgan fingerprint density at radius 1 is 0.486 bits per heavy atom. The fraction of sp³-hybridized carbons (Fsp3) is 0.129. The van der Waals surface area contributed by atoms with Crippen molar-refractivity contribution in [3.63, 3.8) is 0 Å². The van der Waals surface area contributed by atoms with Gasteiger partial charge < -0.3 is 9.53 Å². The van der Waals surface area contributed by atoms with E-state index in [1.807, 2.05) is 97.1 Å². The quantitative estimate of drug-likeness (QED) is 0.268. The van der Waals surface area contributed by atoms with Crippen molar-refractivity contribution >= 4 is 17.3 Å². The van der Waals surface area contributed by atoms with E-state index >= 15 is 0 Å². The number of Topliss-reactive ketones (excluding diaryl/α,β-unsaturated/α-hetero) is 3. The Bertz CT molecular complexity index is 1120. The molecule has 0 bridgehead atoms. The highest BCUT2D eigenvalue weighted by Crippen LogP contribution is 2.32. The molecule has 0 aliphatic heterocycles. The highest BCUT2D eigenvalue weighted by atomic mass is 16.5. The van der Waals surface area contributed by atoms with E-state index in [-0.39, 0.29) is 17.3 Å². The monoisotopic (exact) mass is 464 g/mol. The summed E-state index contributed by atoms with van der Waals surface area (Å²) in [4.78, 5) is 36.3. The number of hydrogen-bond acceptors (Lipinski definition) is 4. The maximum absolute atomic E-state index is 13.4. The Morgan fingerprint density at radius 2 is 0.743 bits per heavy atom. The Labute approximate surface area is 206 Å². The second-order valence-electron chi connectivity index (χ2n) is 8.09. The third kappa shape index (κ3) is 7.42. The van der Waals surface area contributed by atoms with Crippen molar-refractivity contribution in [3.8, 4) is 0 Å². The molecular formula is C31H28O4. The first-order valence-corrected chi connectivity index (χ1v) is 11.4. The van der Waals surface area contributed by atoms with Gasteiger partial charge in [0.05, 0.1) is 0 Å². The molecule has 0 aliphatic carbocycles. The molecule has 2 unspecified atom stereocenters. The van der Waals surface area contributed by atoms with Crippen LogP contribution in [0.2, 0.25) is 0 Å². The molecule has 0 fully saturated rings. The maximum atomic E-state index is 13.4. The molecule has 4 heteroatoms. The van der Waals surface area contributed by atoms with E-state index in [0.717, 1.165) is 0 Å². The van der Waals surface area contributed by atoms with Crippen LogP contribution < -0.4 is 0 Å². The molecule has 0 saturated carbocycles. The van der Waals surface area contributed by atoms with E-state index in [1.54, 1.807) is 24.3 Å². The predicted molar refractivity (Wildman–Crippen MR) is 137 cm³/mol. The number of carbonyl (C=O) groups excluding carboxylic acids is 3. The van der Waals surface area contributed by atoms with Crippen molar-refractivity contribution < 1.29 is 19.1 Å². The fourth-order valence-electron chi connectivity index (χ4n) is 3.48. The van der Waals surface area contributed by atoms with Gasteiger partial charge in [0.15, 0.2) is 11.6 Å². The summed E-state index contributed by atoms with van der Waals surface area (Å²) in [5.41, 5.74) is 2.49. The number of rotatable bonds is 8. The van der Waals surface area contributed by atoms with Gasteiger partial charge in [-0.15, -0.1) is 0 Å².